The van der Waals surface area contributed by atoms with Crippen LogP contribution in [0.3, 0.4) is 0 Å². The lowest BCUT2D eigenvalue weighted by atomic mass is 10.2. The number of non-ortho nitro benzene ring substituents is 1. The Labute approximate surface area is 255 Å². The Hall–Kier alpha value is -4.50. The van der Waals surface area contributed by atoms with Crippen molar-refractivity contribution in [2.24, 2.45) is 5.10 Å². The van der Waals surface area contributed by atoms with Gasteiger partial charge in [-0.3, -0.25) is 14.9 Å². The summed E-state index contributed by atoms with van der Waals surface area (Å²) in [7, 11) is 0. The molecule has 43 heavy (non-hydrogen) atoms. The van der Waals surface area contributed by atoms with Gasteiger partial charge in [-0.15, -0.1) is 11.3 Å². The molecular weight excluding hydrogens is 655 g/mol. The predicted molar refractivity (Wildman–Crippen MR) is 159 cm³/mol. The average Bonchev–Trinajstić information content (AvgIpc) is 3.39. The van der Waals surface area contributed by atoms with Crippen molar-refractivity contribution < 1.29 is 32.4 Å². The number of alkyl halides is 3. The van der Waals surface area contributed by atoms with Crippen LogP contribution in [0.1, 0.15) is 29.3 Å². The highest BCUT2D eigenvalue weighted by atomic mass is 79.9. The van der Waals surface area contributed by atoms with Crippen LogP contribution >= 0.6 is 27.3 Å². The summed E-state index contributed by atoms with van der Waals surface area (Å²) in [5.41, 5.74) is 3.42. The van der Waals surface area contributed by atoms with Crippen LogP contribution < -0.4 is 20.2 Å². The molecule has 224 valence electrons. The van der Waals surface area contributed by atoms with Crippen LogP contribution in [0.5, 0.6) is 11.5 Å². The van der Waals surface area contributed by atoms with Crippen molar-refractivity contribution in [3.63, 3.8) is 0 Å². The van der Waals surface area contributed by atoms with Crippen molar-refractivity contribution in [3.8, 4) is 11.5 Å². The van der Waals surface area contributed by atoms with Gasteiger partial charge < -0.3 is 14.8 Å². The van der Waals surface area contributed by atoms with Gasteiger partial charge in [0.2, 0.25) is 5.91 Å². The maximum absolute atomic E-state index is 13.0. The fourth-order valence-electron chi connectivity index (χ4n) is 3.67. The number of ether oxygens (including phenoxy) is 2. The molecule has 10 nitrogen and oxygen atoms in total. The van der Waals surface area contributed by atoms with E-state index in [-0.39, 0.29) is 24.4 Å². The van der Waals surface area contributed by atoms with Gasteiger partial charge >= 0.3 is 6.18 Å². The summed E-state index contributed by atoms with van der Waals surface area (Å²) in [4.78, 5) is 27.2. The molecule has 0 saturated carbocycles. The van der Waals surface area contributed by atoms with E-state index in [1.165, 1.54) is 30.5 Å². The molecule has 1 heterocycles. The van der Waals surface area contributed by atoms with Gasteiger partial charge in [0, 0.05) is 33.2 Å². The van der Waals surface area contributed by atoms with Crippen molar-refractivity contribution >= 4 is 55.9 Å². The molecule has 1 amide bonds. The van der Waals surface area contributed by atoms with E-state index < -0.39 is 22.6 Å². The molecular formula is C28H23BrF3N5O5S. The number of carbonyl (C=O) groups is 1. The molecule has 0 atom stereocenters. The topological polar surface area (TPSA) is 128 Å². The third kappa shape index (κ3) is 8.99. The quantitative estimate of drug-likeness (QED) is 0.0918. The smallest absolute Gasteiger partial charge is 0.416 e. The van der Waals surface area contributed by atoms with Crippen LogP contribution in [0.15, 0.2) is 75.6 Å². The molecule has 0 bridgehead atoms. The van der Waals surface area contributed by atoms with Crippen LogP contribution in [-0.2, 0) is 24.0 Å². The van der Waals surface area contributed by atoms with Crippen LogP contribution in [0.25, 0.3) is 0 Å². The molecule has 0 saturated heterocycles. The van der Waals surface area contributed by atoms with Crippen molar-refractivity contribution in [2.75, 3.05) is 11.9 Å². The van der Waals surface area contributed by atoms with Gasteiger partial charge in [-0.1, -0.05) is 18.2 Å². The zero-order valence-corrected chi connectivity index (χ0v) is 24.8. The van der Waals surface area contributed by atoms with Crippen LogP contribution in [0, 0.1) is 10.1 Å². The highest BCUT2D eigenvalue weighted by Gasteiger charge is 2.30. The normalized spacial score (nSPS) is 11.4. The van der Waals surface area contributed by atoms with Crippen LogP contribution in [-0.4, -0.2) is 28.6 Å². The van der Waals surface area contributed by atoms with Crippen molar-refractivity contribution in [2.45, 2.75) is 26.1 Å². The number of halogens is 4. The summed E-state index contributed by atoms with van der Waals surface area (Å²) < 4.78 is 51.0. The van der Waals surface area contributed by atoms with Gasteiger partial charge in [0.25, 0.3) is 5.69 Å². The zero-order valence-electron chi connectivity index (χ0n) is 22.4. The summed E-state index contributed by atoms with van der Waals surface area (Å²) in [5, 5.41) is 19.8. The molecule has 0 radical (unpaired) electrons. The minimum atomic E-state index is -4.46. The first kappa shape index (κ1) is 31.4. The molecule has 3 aromatic carbocycles. The Balaban J connectivity index is 1.35. The number of thiazole rings is 1. The van der Waals surface area contributed by atoms with Crippen molar-refractivity contribution in [3.05, 3.63) is 103 Å². The monoisotopic (exact) mass is 677 g/mol. The number of nitro benzene ring substituents is 1. The molecule has 4 aromatic rings. The number of amides is 1. The second-order valence-electron chi connectivity index (χ2n) is 8.79. The molecule has 15 heteroatoms. The van der Waals surface area contributed by atoms with Crippen LogP contribution in [0.2, 0.25) is 0 Å². The minimum Gasteiger partial charge on any atom is -0.490 e. The molecule has 2 N–H and O–H groups in total. The number of carbonyl (C=O) groups excluding carboxylic acids is 1. The van der Waals surface area contributed by atoms with Crippen molar-refractivity contribution in [1.82, 2.24) is 10.4 Å². The van der Waals surface area contributed by atoms with E-state index in [0.29, 0.717) is 44.5 Å². The van der Waals surface area contributed by atoms with E-state index in [4.69, 9.17) is 9.47 Å². The molecule has 0 spiro atoms. The summed E-state index contributed by atoms with van der Waals surface area (Å²) in [6.45, 7) is 2.23. The SMILES string of the molecule is CCOc1cc(/C=N\NC(=O)Cc2csc(Nc3cccc(C(F)(F)F)c3)n2)c(Br)cc1OCc1cccc([N+](=O)[O-])c1. The third-order valence-corrected chi connectivity index (χ3v) is 7.10. The predicted octanol–water partition coefficient (Wildman–Crippen LogP) is 7.25. The number of nitro groups is 1. The summed E-state index contributed by atoms with van der Waals surface area (Å²) in [5.74, 6) is 0.358. The third-order valence-electron chi connectivity index (χ3n) is 5.61. The molecule has 0 fully saturated rings. The molecule has 0 unspecified atom stereocenters. The van der Waals surface area contributed by atoms with Crippen LogP contribution in [0.4, 0.5) is 29.7 Å². The molecule has 1 aromatic heterocycles. The van der Waals surface area contributed by atoms with E-state index >= 15 is 0 Å². The average molecular weight is 678 g/mol. The maximum atomic E-state index is 13.0. The number of hydrogen-bond acceptors (Lipinski definition) is 9. The van der Waals surface area contributed by atoms with Gasteiger partial charge in [0.1, 0.15) is 6.61 Å². The van der Waals surface area contributed by atoms with E-state index in [0.717, 1.165) is 23.5 Å². The standard InChI is InChI=1S/C28H23BrF3N5O5S/c1-2-41-24-10-18(23(29)13-25(24)42-15-17-5-3-8-22(9-17)37(39)40)14-33-36-26(38)12-21-16-43-27(35-21)34-20-7-4-6-19(11-20)28(30,31)32/h3-11,13-14,16H,2,12,15H2,1H3,(H,34,35)(H,36,38)/b33-14-. The molecule has 0 aliphatic heterocycles. The number of nitrogens with one attached hydrogen (secondary N) is 2. The Morgan fingerprint density at radius 2 is 1.91 bits per heavy atom. The maximum Gasteiger partial charge on any atom is 0.416 e. The number of hydrazone groups is 1. The lowest BCUT2D eigenvalue weighted by Gasteiger charge is -2.14. The van der Waals surface area contributed by atoms with Gasteiger partial charge in [-0.05, 0) is 58.7 Å². The number of rotatable bonds is 12. The summed E-state index contributed by atoms with van der Waals surface area (Å²) >= 11 is 4.60. The van der Waals surface area contributed by atoms with Gasteiger partial charge in [0.05, 0.1) is 35.4 Å². The van der Waals surface area contributed by atoms with Gasteiger partial charge in [-0.25, -0.2) is 10.4 Å². The summed E-state index contributed by atoms with van der Waals surface area (Å²) in [6, 6.07) is 14.2. The Morgan fingerprint density at radius 1 is 1.14 bits per heavy atom. The highest BCUT2D eigenvalue weighted by molar-refractivity contribution is 9.10. The number of aromatic nitrogens is 1. The van der Waals surface area contributed by atoms with Gasteiger partial charge in [-0.2, -0.15) is 18.3 Å². The second kappa shape index (κ2) is 14.1. The fraction of sp³-hybridized carbons (Fsp3) is 0.179. The lowest BCUT2D eigenvalue weighted by molar-refractivity contribution is -0.384. The molecule has 0 aliphatic rings. The van der Waals surface area contributed by atoms with E-state index in [1.807, 2.05) is 0 Å². The highest BCUT2D eigenvalue weighted by Crippen LogP contribution is 2.34. The first-order chi connectivity index (χ1) is 20.5. The number of nitrogens with zero attached hydrogens (tertiary/aromatic N) is 3. The second-order valence-corrected chi connectivity index (χ2v) is 10.5. The summed E-state index contributed by atoms with van der Waals surface area (Å²) in [6.07, 6.45) is -3.15. The zero-order chi connectivity index (χ0) is 31.0. The number of hydrogen-bond donors (Lipinski definition) is 2. The largest absolute Gasteiger partial charge is 0.490 e. The molecule has 0 aliphatic carbocycles. The van der Waals surface area contributed by atoms with E-state index in [2.05, 4.69) is 36.8 Å². The fourth-order valence-corrected chi connectivity index (χ4v) is 4.83. The molecule has 4 rings (SSSR count). The minimum absolute atomic E-state index is 0.0389. The van der Waals surface area contributed by atoms with E-state index in [1.54, 1.807) is 36.6 Å². The first-order valence-corrected chi connectivity index (χ1v) is 14.2. The first-order valence-electron chi connectivity index (χ1n) is 12.5. The Bertz CT molecular complexity index is 1650. The van der Waals surface area contributed by atoms with Gasteiger partial charge in [0.15, 0.2) is 16.6 Å². The van der Waals surface area contributed by atoms with E-state index in [9.17, 15) is 28.1 Å². The lowest BCUT2D eigenvalue weighted by Crippen LogP contribution is -2.20. The number of anilines is 2. The Morgan fingerprint density at radius 3 is 2.65 bits per heavy atom. The van der Waals surface area contributed by atoms with Crippen molar-refractivity contribution in [1.29, 1.82) is 0 Å². The Kier molecular flexibility index (Phi) is 10.3. The number of benzene rings is 3.